The number of pyridine rings is 1. The van der Waals surface area contributed by atoms with Gasteiger partial charge in [0.2, 0.25) is 0 Å². The van der Waals surface area contributed by atoms with E-state index in [1.165, 1.54) is 0 Å². The van der Waals surface area contributed by atoms with Crippen molar-refractivity contribution in [2.24, 2.45) is 0 Å². The van der Waals surface area contributed by atoms with Gasteiger partial charge in [-0.05, 0) is 25.1 Å². The van der Waals surface area contributed by atoms with Gasteiger partial charge in [0.25, 0.3) is 0 Å². The van der Waals surface area contributed by atoms with Crippen molar-refractivity contribution < 1.29 is 9.47 Å². The molecule has 0 spiro atoms. The molecule has 0 unspecified atom stereocenters. The minimum Gasteiger partial charge on any atom is -0.376 e. The second-order valence-corrected chi connectivity index (χ2v) is 5.34. The molecule has 0 aliphatic carbocycles. The molecule has 1 aliphatic rings. The fraction of sp³-hybridized carbons (Fsp3) is 0.375. The van der Waals surface area contributed by atoms with Crippen molar-refractivity contribution >= 4 is 5.52 Å². The summed E-state index contributed by atoms with van der Waals surface area (Å²) in [6, 6.07) is 8.22. The molecule has 0 bridgehead atoms. The molecule has 1 saturated heterocycles. The summed E-state index contributed by atoms with van der Waals surface area (Å²) in [4.78, 5) is 4.55. The Hall–Kier alpha value is -2.18. The molecule has 3 aromatic heterocycles. The predicted molar refractivity (Wildman–Crippen MR) is 81.7 cm³/mol. The molecular formula is C16H18N4O2. The summed E-state index contributed by atoms with van der Waals surface area (Å²) in [6.45, 7) is 3.96. The van der Waals surface area contributed by atoms with E-state index in [4.69, 9.17) is 9.47 Å². The van der Waals surface area contributed by atoms with Crippen LogP contribution < -0.4 is 0 Å². The van der Waals surface area contributed by atoms with Crippen LogP contribution in [-0.2, 0) is 9.47 Å². The third kappa shape index (κ3) is 2.12. The van der Waals surface area contributed by atoms with Crippen LogP contribution in [0.2, 0.25) is 0 Å². The van der Waals surface area contributed by atoms with Gasteiger partial charge >= 0.3 is 0 Å². The summed E-state index contributed by atoms with van der Waals surface area (Å²) in [6.07, 6.45) is 5.67. The number of rotatable bonds is 4. The Morgan fingerprint density at radius 2 is 2.23 bits per heavy atom. The average Bonchev–Trinajstić information content (AvgIpc) is 3.26. The van der Waals surface area contributed by atoms with Crippen molar-refractivity contribution in [1.29, 1.82) is 0 Å². The number of ether oxygens (including phenoxy) is 2. The second-order valence-electron chi connectivity index (χ2n) is 5.34. The van der Waals surface area contributed by atoms with Crippen LogP contribution in [0.15, 0.2) is 42.9 Å². The van der Waals surface area contributed by atoms with Crippen LogP contribution in [0.4, 0.5) is 0 Å². The van der Waals surface area contributed by atoms with Gasteiger partial charge < -0.3 is 14.0 Å². The zero-order chi connectivity index (χ0) is 14.9. The van der Waals surface area contributed by atoms with Crippen molar-refractivity contribution in [3.8, 4) is 11.5 Å². The van der Waals surface area contributed by atoms with E-state index in [1.54, 1.807) is 6.20 Å². The SMILES string of the molecule is CCO[C@H]1COC[C@@H]1n1ccnc1-c1cccc2ccnn12. The van der Waals surface area contributed by atoms with Crippen LogP contribution in [0.1, 0.15) is 13.0 Å². The normalized spacial score (nSPS) is 21.7. The molecule has 6 nitrogen and oxygen atoms in total. The molecule has 4 rings (SSSR count). The lowest BCUT2D eigenvalue weighted by Gasteiger charge is -2.21. The highest BCUT2D eigenvalue weighted by Crippen LogP contribution is 2.28. The Morgan fingerprint density at radius 3 is 3.14 bits per heavy atom. The van der Waals surface area contributed by atoms with Gasteiger partial charge in [-0.25, -0.2) is 9.50 Å². The highest BCUT2D eigenvalue weighted by Gasteiger charge is 2.32. The molecule has 2 atom stereocenters. The fourth-order valence-corrected chi connectivity index (χ4v) is 3.05. The Morgan fingerprint density at radius 1 is 1.27 bits per heavy atom. The lowest BCUT2D eigenvalue weighted by molar-refractivity contribution is 0.0364. The monoisotopic (exact) mass is 298 g/mol. The minimum absolute atomic E-state index is 0.0646. The van der Waals surface area contributed by atoms with Crippen LogP contribution in [0.5, 0.6) is 0 Å². The molecule has 0 N–H and O–H groups in total. The van der Waals surface area contributed by atoms with Gasteiger partial charge in [-0.3, -0.25) is 0 Å². The first-order valence-electron chi connectivity index (χ1n) is 7.54. The number of fused-ring (bicyclic) bond motifs is 1. The van der Waals surface area contributed by atoms with Crippen LogP contribution >= 0.6 is 0 Å². The van der Waals surface area contributed by atoms with Gasteiger partial charge in [-0.1, -0.05) is 6.07 Å². The summed E-state index contributed by atoms with van der Waals surface area (Å²) in [5, 5.41) is 4.40. The van der Waals surface area contributed by atoms with Crippen LogP contribution in [0, 0.1) is 0 Å². The Bertz CT molecular complexity index is 779. The molecule has 114 valence electrons. The number of imidazole rings is 1. The van der Waals surface area contributed by atoms with E-state index in [0.29, 0.717) is 19.8 Å². The van der Waals surface area contributed by atoms with Crippen molar-refractivity contribution in [3.63, 3.8) is 0 Å². The zero-order valence-electron chi connectivity index (χ0n) is 12.4. The van der Waals surface area contributed by atoms with E-state index in [9.17, 15) is 0 Å². The van der Waals surface area contributed by atoms with E-state index >= 15 is 0 Å². The first-order chi connectivity index (χ1) is 10.9. The smallest absolute Gasteiger partial charge is 0.159 e. The highest BCUT2D eigenvalue weighted by atomic mass is 16.5. The van der Waals surface area contributed by atoms with Crippen molar-refractivity contribution in [2.75, 3.05) is 19.8 Å². The van der Waals surface area contributed by atoms with E-state index in [-0.39, 0.29) is 12.1 Å². The van der Waals surface area contributed by atoms with E-state index in [2.05, 4.69) is 14.6 Å². The molecule has 0 amide bonds. The molecule has 3 aromatic rings. The van der Waals surface area contributed by atoms with Crippen LogP contribution in [0.3, 0.4) is 0 Å². The second kappa shape index (κ2) is 5.55. The molecule has 0 saturated carbocycles. The van der Waals surface area contributed by atoms with Gasteiger partial charge in [-0.15, -0.1) is 0 Å². The topological polar surface area (TPSA) is 53.6 Å². The van der Waals surface area contributed by atoms with E-state index < -0.39 is 0 Å². The molecule has 22 heavy (non-hydrogen) atoms. The summed E-state index contributed by atoms with van der Waals surface area (Å²) in [7, 11) is 0. The van der Waals surface area contributed by atoms with Gasteiger partial charge in [0, 0.05) is 19.0 Å². The third-order valence-corrected chi connectivity index (χ3v) is 4.06. The van der Waals surface area contributed by atoms with Crippen molar-refractivity contribution in [1.82, 2.24) is 19.2 Å². The lowest BCUT2D eigenvalue weighted by Crippen LogP contribution is -2.26. The predicted octanol–water partition coefficient (Wildman–Crippen LogP) is 2.17. The third-order valence-electron chi connectivity index (χ3n) is 4.06. The molecule has 0 radical (unpaired) electrons. The number of hydrogen-bond acceptors (Lipinski definition) is 4. The van der Waals surface area contributed by atoms with Crippen LogP contribution in [0.25, 0.3) is 17.0 Å². The van der Waals surface area contributed by atoms with Gasteiger partial charge in [-0.2, -0.15) is 5.10 Å². The highest BCUT2D eigenvalue weighted by molar-refractivity contribution is 5.59. The molecule has 6 heteroatoms. The fourth-order valence-electron chi connectivity index (χ4n) is 3.05. The molecule has 1 fully saturated rings. The number of nitrogens with zero attached hydrogens (tertiary/aromatic N) is 4. The lowest BCUT2D eigenvalue weighted by atomic mass is 10.2. The minimum atomic E-state index is 0.0646. The Kier molecular flexibility index (Phi) is 3.40. The van der Waals surface area contributed by atoms with Crippen molar-refractivity contribution in [2.45, 2.75) is 19.1 Å². The molecule has 1 aliphatic heterocycles. The summed E-state index contributed by atoms with van der Waals surface area (Å²) >= 11 is 0. The summed E-state index contributed by atoms with van der Waals surface area (Å²) < 4.78 is 15.5. The maximum atomic E-state index is 5.81. The summed E-state index contributed by atoms with van der Waals surface area (Å²) in [5.74, 6) is 0.884. The summed E-state index contributed by atoms with van der Waals surface area (Å²) in [5.41, 5.74) is 2.02. The van der Waals surface area contributed by atoms with E-state index in [1.807, 2.05) is 48.1 Å². The van der Waals surface area contributed by atoms with E-state index in [0.717, 1.165) is 17.0 Å². The Labute approximate surface area is 128 Å². The number of hydrogen-bond donors (Lipinski definition) is 0. The molecular weight excluding hydrogens is 280 g/mol. The van der Waals surface area contributed by atoms with Crippen molar-refractivity contribution in [3.05, 3.63) is 42.9 Å². The first kappa shape index (κ1) is 13.5. The first-order valence-corrected chi connectivity index (χ1v) is 7.54. The maximum absolute atomic E-state index is 5.81. The van der Waals surface area contributed by atoms with Gasteiger partial charge in [0.05, 0.1) is 31.0 Å². The average molecular weight is 298 g/mol. The Balaban J connectivity index is 1.78. The molecule has 4 heterocycles. The molecule has 0 aromatic carbocycles. The zero-order valence-corrected chi connectivity index (χ0v) is 12.4. The van der Waals surface area contributed by atoms with Crippen LogP contribution in [-0.4, -0.2) is 45.1 Å². The van der Waals surface area contributed by atoms with Gasteiger partial charge in [0.15, 0.2) is 5.82 Å². The quantitative estimate of drug-likeness (QED) is 0.741. The van der Waals surface area contributed by atoms with Gasteiger partial charge in [0.1, 0.15) is 11.8 Å². The maximum Gasteiger partial charge on any atom is 0.159 e. The number of aromatic nitrogens is 4. The standard InChI is InChI=1S/C16H18N4O2/c1-2-22-15-11-21-10-14(15)19-9-8-17-16(19)13-5-3-4-12-6-7-18-20(12)13/h3-9,14-15H,2,10-11H2,1H3/t14-,15-/m0/s1. The largest absolute Gasteiger partial charge is 0.376 e.